The number of rotatable bonds is 11. The van der Waals surface area contributed by atoms with E-state index in [2.05, 4.69) is 29.4 Å². The van der Waals surface area contributed by atoms with E-state index in [0.29, 0.717) is 12.3 Å². The first-order valence-corrected chi connectivity index (χ1v) is 12.0. The van der Waals surface area contributed by atoms with Crippen LogP contribution in [0.1, 0.15) is 40.5 Å². The van der Waals surface area contributed by atoms with E-state index in [9.17, 15) is 9.59 Å². The Kier molecular flexibility index (Phi) is 8.66. The van der Waals surface area contributed by atoms with Crippen LogP contribution in [0.3, 0.4) is 0 Å². The quantitative estimate of drug-likeness (QED) is 0.261. The normalized spacial score (nSPS) is 10.7. The zero-order valence-corrected chi connectivity index (χ0v) is 18.7. The molecule has 0 radical (unpaired) electrons. The maximum Gasteiger partial charge on any atom is 0.226 e. The van der Waals surface area contributed by atoms with E-state index >= 15 is 0 Å². The molecule has 4 nitrogen and oxygen atoms in total. The zero-order valence-electron chi connectivity index (χ0n) is 17.1. The topological polar surface area (TPSA) is 59.1 Å². The summed E-state index contributed by atoms with van der Waals surface area (Å²) in [6.45, 7) is 2.75. The molecule has 3 aromatic rings. The Balaban J connectivity index is 1.37. The number of nitrogens with one attached hydrogen (secondary N) is 1. The van der Waals surface area contributed by atoms with Crippen LogP contribution in [0.15, 0.2) is 64.3 Å². The number of nitrogens with zero attached hydrogens (tertiary/aromatic N) is 1. The van der Waals surface area contributed by atoms with Crippen molar-refractivity contribution in [2.24, 2.45) is 0 Å². The minimum absolute atomic E-state index is 0.0167. The number of carbonyl (C=O) groups excluding carboxylic acids is 2. The minimum Gasteiger partial charge on any atom is -0.356 e. The molecule has 0 saturated carbocycles. The van der Waals surface area contributed by atoms with E-state index < -0.39 is 0 Å². The Bertz CT molecular complexity index is 953. The highest BCUT2D eigenvalue weighted by Gasteiger charge is 2.11. The fraction of sp³-hybridized carbons (Fsp3) is 0.292. The molecule has 30 heavy (non-hydrogen) atoms. The molecule has 0 fully saturated rings. The smallest absolute Gasteiger partial charge is 0.226 e. The lowest BCUT2D eigenvalue weighted by Crippen LogP contribution is -2.26. The summed E-state index contributed by atoms with van der Waals surface area (Å²) in [5.74, 6) is 0.428. The van der Waals surface area contributed by atoms with Crippen LogP contribution in [0, 0.1) is 0 Å². The van der Waals surface area contributed by atoms with Crippen molar-refractivity contribution in [2.45, 2.75) is 36.9 Å². The van der Waals surface area contributed by atoms with Gasteiger partial charge in [-0.05, 0) is 30.4 Å². The van der Waals surface area contributed by atoms with Gasteiger partial charge < -0.3 is 5.32 Å². The molecule has 0 spiro atoms. The molecule has 0 aliphatic rings. The summed E-state index contributed by atoms with van der Waals surface area (Å²) in [6, 6.07) is 18.0. The Labute approximate surface area is 186 Å². The molecular formula is C24H26N2O2S2. The molecule has 156 valence electrons. The Morgan fingerprint density at radius 3 is 2.53 bits per heavy atom. The summed E-state index contributed by atoms with van der Waals surface area (Å²) < 4.78 is 0.820. The zero-order chi connectivity index (χ0) is 21.2. The summed E-state index contributed by atoms with van der Waals surface area (Å²) in [5.41, 5.74) is 3.99. The van der Waals surface area contributed by atoms with Crippen LogP contribution in [0.5, 0.6) is 0 Å². The predicted octanol–water partition coefficient (Wildman–Crippen LogP) is 4.97. The molecular weight excluding hydrogens is 412 g/mol. The molecule has 1 N–H and O–H groups in total. The van der Waals surface area contributed by atoms with Gasteiger partial charge in [0, 0.05) is 17.5 Å². The summed E-state index contributed by atoms with van der Waals surface area (Å²) in [6.07, 6.45) is 3.10. The number of benzene rings is 2. The second-order valence-electron chi connectivity index (χ2n) is 6.98. The first-order valence-electron chi connectivity index (χ1n) is 10.1. The lowest BCUT2D eigenvalue weighted by molar-refractivity contribution is -0.120. The molecule has 0 atom stereocenters. The van der Waals surface area contributed by atoms with Crippen LogP contribution in [-0.2, 0) is 24.1 Å². The van der Waals surface area contributed by atoms with E-state index in [1.54, 1.807) is 0 Å². The molecule has 1 aromatic heterocycles. The number of aryl methyl sites for hydroxylation is 2. The number of thioether (sulfide) groups is 1. The minimum atomic E-state index is -0.0167. The van der Waals surface area contributed by atoms with E-state index in [1.165, 1.54) is 34.2 Å². The predicted molar refractivity (Wildman–Crippen MR) is 124 cm³/mol. The first kappa shape index (κ1) is 22.2. The van der Waals surface area contributed by atoms with Crippen LogP contribution in [0.4, 0.5) is 0 Å². The van der Waals surface area contributed by atoms with Crippen LogP contribution in [-0.4, -0.2) is 29.0 Å². The van der Waals surface area contributed by atoms with E-state index in [4.69, 9.17) is 0 Å². The summed E-state index contributed by atoms with van der Waals surface area (Å²) in [5, 5.41) is 4.85. The van der Waals surface area contributed by atoms with Gasteiger partial charge in [-0.1, -0.05) is 73.3 Å². The fourth-order valence-electron chi connectivity index (χ4n) is 2.96. The average molecular weight is 439 g/mol. The highest BCUT2D eigenvalue weighted by molar-refractivity contribution is 8.01. The van der Waals surface area contributed by atoms with Crippen LogP contribution in [0.2, 0.25) is 0 Å². The molecule has 6 heteroatoms. The van der Waals surface area contributed by atoms with Gasteiger partial charge >= 0.3 is 0 Å². The van der Waals surface area contributed by atoms with Crippen LogP contribution in [0.25, 0.3) is 0 Å². The van der Waals surface area contributed by atoms with Gasteiger partial charge in [0.15, 0.2) is 10.1 Å². The number of hydrogen-bond acceptors (Lipinski definition) is 5. The van der Waals surface area contributed by atoms with Gasteiger partial charge in [0.2, 0.25) is 5.91 Å². The second-order valence-corrected chi connectivity index (χ2v) is 9.06. The lowest BCUT2D eigenvalue weighted by Gasteiger charge is -2.04. The molecule has 0 saturated heterocycles. The fourth-order valence-corrected chi connectivity index (χ4v) is 4.70. The molecule has 2 aromatic carbocycles. The SMILES string of the molecule is CCc1ccc(C(=O)CSc2nc(CC(=O)NCCCc3ccccc3)cs2)cc1. The second kappa shape index (κ2) is 11.7. The van der Waals surface area contributed by atoms with Crippen molar-refractivity contribution >= 4 is 34.8 Å². The maximum absolute atomic E-state index is 12.3. The number of Topliss-reactive ketones (excluding diaryl/α,β-unsaturated/α-hetero) is 1. The molecule has 3 rings (SSSR count). The summed E-state index contributed by atoms with van der Waals surface area (Å²) >= 11 is 2.91. The van der Waals surface area contributed by atoms with Gasteiger partial charge in [0.05, 0.1) is 17.9 Å². The highest BCUT2D eigenvalue weighted by Crippen LogP contribution is 2.24. The van der Waals surface area contributed by atoms with Gasteiger partial charge in [-0.25, -0.2) is 4.98 Å². The third-order valence-electron chi connectivity index (χ3n) is 4.69. The molecule has 0 aliphatic carbocycles. The number of amides is 1. The number of hydrogen-bond donors (Lipinski definition) is 1. The third kappa shape index (κ3) is 7.11. The number of aromatic nitrogens is 1. The monoisotopic (exact) mass is 438 g/mol. The van der Waals surface area contributed by atoms with Crippen molar-refractivity contribution in [3.63, 3.8) is 0 Å². The number of thiazole rings is 1. The highest BCUT2D eigenvalue weighted by atomic mass is 32.2. The molecule has 1 amide bonds. The van der Waals surface area contributed by atoms with Crippen molar-refractivity contribution in [3.05, 3.63) is 82.4 Å². The van der Waals surface area contributed by atoms with E-state index in [-0.39, 0.29) is 18.1 Å². The van der Waals surface area contributed by atoms with Crippen LogP contribution >= 0.6 is 23.1 Å². The number of carbonyl (C=O) groups is 2. The Hall–Kier alpha value is -2.44. The van der Waals surface area contributed by atoms with Crippen molar-refractivity contribution in [1.29, 1.82) is 0 Å². The van der Waals surface area contributed by atoms with Gasteiger partial charge in [-0.3, -0.25) is 9.59 Å². The number of ketones is 1. The first-order chi connectivity index (χ1) is 14.6. The van der Waals surface area contributed by atoms with Gasteiger partial charge in [0.1, 0.15) is 0 Å². The van der Waals surface area contributed by atoms with E-state index in [1.807, 2.05) is 47.8 Å². The standard InChI is InChI=1S/C24H26N2O2S2/c1-2-18-10-12-20(13-11-18)22(27)17-30-24-26-21(16-29-24)15-23(28)25-14-6-9-19-7-4-3-5-8-19/h3-5,7-8,10-13,16H,2,6,9,14-15,17H2,1H3,(H,25,28). The van der Waals surface area contributed by atoms with Crippen molar-refractivity contribution in [2.75, 3.05) is 12.3 Å². The van der Waals surface area contributed by atoms with Gasteiger partial charge in [0.25, 0.3) is 0 Å². The molecule has 1 heterocycles. The maximum atomic E-state index is 12.3. The largest absolute Gasteiger partial charge is 0.356 e. The summed E-state index contributed by atoms with van der Waals surface area (Å²) in [7, 11) is 0. The van der Waals surface area contributed by atoms with Crippen molar-refractivity contribution in [1.82, 2.24) is 10.3 Å². The summed E-state index contributed by atoms with van der Waals surface area (Å²) in [4.78, 5) is 29.0. The van der Waals surface area contributed by atoms with Crippen molar-refractivity contribution < 1.29 is 9.59 Å². The molecule has 0 aliphatic heterocycles. The van der Waals surface area contributed by atoms with Gasteiger partial charge in [-0.2, -0.15) is 0 Å². The average Bonchev–Trinajstić information content (AvgIpc) is 3.23. The van der Waals surface area contributed by atoms with Crippen LogP contribution < -0.4 is 5.32 Å². The van der Waals surface area contributed by atoms with Gasteiger partial charge in [-0.15, -0.1) is 11.3 Å². The molecule has 0 bridgehead atoms. The van der Waals surface area contributed by atoms with Crippen molar-refractivity contribution in [3.8, 4) is 0 Å². The Morgan fingerprint density at radius 1 is 1.03 bits per heavy atom. The third-order valence-corrected chi connectivity index (χ3v) is 6.76. The Morgan fingerprint density at radius 2 is 1.80 bits per heavy atom. The van der Waals surface area contributed by atoms with E-state index in [0.717, 1.165) is 34.9 Å². The molecule has 0 unspecified atom stereocenters. The lowest BCUT2D eigenvalue weighted by atomic mass is 10.1.